The average Bonchev–Trinajstić information content (AvgIpc) is 2.87. The molecule has 2 aromatic rings. The lowest BCUT2D eigenvalue weighted by molar-refractivity contribution is 0.166. The van der Waals surface area contributed by atoms with E-state index in [9.17, 15) is 12.8 Å². The molecule has 6 nitrogen and oxygen atoms in total. The van der Waals surface area contributed by atoms with Gasteiger partial charge in [-0.1, -0.05) is 0 Å². The van der Waals surface area contributed by atoms with E-state index in [-0.39, 0.29) is 5.82 Å². The molecular formula is C15H20FN3O3S. The minimum absolute atomic E-state index is 0.334. The van der Waals surface area contributed by atoms with Crippen molar-refractivity contribution in [1.82, 2.24) is 14.6 Å². The Labute approximate surface area is 134 Å². The van der Waals surface area contributed by atoms with Crippen molar-refractivity contribution in [3.63, 3.8) is 0 Å². The smallest absolute Gasteiger partial charge is 0.209 e. The molecule has 8 heteroatoms. The Hall–Kier alpha value is -1.51. The summed E-state index contributed by atoms with van der Waals surface area (Å²) in [7, 11) is -3.12. The number of nitrogens with one attached hydrogen (secondary N) is 1. The first-order valence-corrected chi connectivity index (χ1v) is 9.50. The fourth-order valence-electron chi connectivity index (χ4n) is 2.82. The van der Waals surface area contributed by atoms with E-state index in [1.54, 1.807) is 6.07 Å². The van der Waals surface area contributed by atoms with Crippen LogP contribution in [-0.4, -0.2) is 44.2 Å². The SMILES string of the molecule is CS(=O)(=O)NCC1CCN(Cc2nc3ccc(F)cc3o2)CC1. The normalized spacial score (nSPS) is 17.8. The molecule has 1 aliphatic heterocycles. The van der Waals surface area contributed by atoms with Crippen LogP contribution >= 0.6 is 0 Å². The zero-order valence-electron chi connectivity index (χ0n) is 13.0. The van der Waals surface area contributed by atoms with Gasteiger partial charge < -0.3 is 4.42 Å². The van der Waals surface area contributed by atoms with E-state index in [1.807, 2.05) is 0 Å². The van der Waals surface area contributed by atoms with Gasteiger partial charge in [0.1, 0.15) is 11.3 Å². The number of likely N-dealkylation sites (tertiary alicyclic amines) is 1. The zero-order valence-corrected chi connectivity index (χ0v) is 13.8. The Morgan fingerprint density at radius 2 is 2.13 bits per heavy atom. The summed E-state index contributed by atoms with van der Waals surface area (Å²) in [6.45, 7) is 2.81. The van der Waals surface area contributed by atoms with Gasteiger partial charge in [0.25, 0.3) is 0 Å². The standard InChI is InChI=1S/C15H20FN3O3S/c1-23(20,21)17-9-11-4-6-19(7-5-11)10-15-18-13-3-2-12(16)8-14(13)22-15/h2-3,8,11,17H,4-7,9-10H2,1H3. The number of sulfonamides is 1. The molecule has 1 saturated heterocycles. The number of aromatic nitrogens is 1. The monoisotopic (exact) mass is 341 g/mol. The van der Waals surface area contributed by atoms with E-state index < -0.39 is 10.0 Å². The van der Waals surface area contributed by atoms with E-state index in [4.69, 9.17) is 4.42 Å². The molecule has 1 N–H and O–H groups in total. The third-order valence-electron chi connectivity index (χ3n) is 4.09. The van der Waals surface area contributed by atoms with Gasteiger partial charge in [0.05, 0.1) is 12.8 Å². The lowest BCUT2D eigenvalue weighted by Gasteiger charge is -2.30. The molecule has 0 bridgehead atoms. The summed E-state index contributed by atoms with van der Waals surface area (Å²) in [6, 6.07) is 4.32. The molecule has 1 aromatic carbocycles. The molecule has 0 atom stereocenters. The quantitative estimate of drug-likeness (QED) is 0.896. The Balaban J connectivity index is 1.53. The van der Waals surface area contributed by atoms with E-state index >= 15 is 0 Å². The maximum absolute atomic E-state index is 13.2. The van der Waals surface area contributed by atoms with Crippen LogP contribution in [0.1, 0.15) is 18.7 Å². The molecule has 0 radical (unpaired) electrons. The average molecular weight is 341 g/mol. The fourth-order valence-corrected chi connectivity index (χ4v) is 3.36. The minimum Gasteiger partial charge on any atom is -0.439 e. The Bertz CT molecular complexity index is 782. The van der Waals surface area contributed by atoms with Gasteiger partial charge in [0.2, 0.25) is 15.9 Å². The third kappa shape index (κ3) is 4.49. The van der Waals surface area contributed by atoms with Crippen LogP contribution in [-0.2, 0) is 16.6 Å². The van der Waals surface area contributed by atoms with E-state index in [1.165, 1.54) is 18.4 Å². The molecule has 23 heavy (non-hydrogen) atoms. The predicted octanol–water partition coefficient (Wildman–Crippen LogP) is 1.73. The van der Waals surface area contributed by atoms with Crippen LogP contribution in [0.3, 0.4) is 0 Å². The molecule has 126 valence electrons. The second-order valence-electron chi connectivity index (χ2n) is 6.06. The number of nitrogens with zero attached hydrogens (tertiary/aromatic N) is 2. The number of halogens is 1. The van der Waals surface area contributed by atoms with Gasteiger partial charge in [0.15, 0.2) is 5.58 Å². The van der Waals surface area contributed by atoms with Crippen molar-refractivity contribution in [3.8, 4) is 0 Å². The summed E-state index contributed by atoms with van der Waals surface area (Å²) in [4.78, 5) is 6.59. The number of benzene rings is 1. The van der Waals surface area contributed by atoms with Gasteiger partial charge in [-0.15, -0.1) is 0 Å². The van der Waals surface area contributed by atoms with Crippen molar-refractivity contribution in [1.29, 1.82) is 0 Å². The van der Waals surface area contributed by atoms with Crippen molar-refractivity contribution in [3.05, 3.63) is 29.9 Å². The summed E-state index contributed by atoms with van der Waals surface area (Å²) in [5, 5.41) is 0. The van der Waals surface area contributed by atoms with Crippen LogP contribution in [0.15, 0.2) is 22.6 Å². The highest BCUT2D eigenvalue weighted by atomic mass is 32.2. The van der Waals surface area contributed by atoms with Crippen LogP contribution < -0.4 is 4.72 Å². The number of piperidine rings is 1. The van der Waals surface area contributed by atoms with Crippen LogP contribution in [0.4, 0.5) is 4.39 Å². The summed E-state index contributed by atoms with van der Waals surface area (Å²) in [5.74, 6) is 0.608. The second-order valence-corrected chi connectivity index (χ2v) is 7.89. The van der Waals surface area contributed by atoms with E-state index in [0.29, 0.717) is 36.0 Å². The van der Waals surface area contributed by atoms with Gasteiger partial charge in [-0.25, -0.2) is 22.5 Å². The van der Waals surface area contributed by atoms with E-state index in [2.05, 4.69) is 14.6 Å². The number of hydrogen-bond donors (Lipinski definition) is 1. The molecule has 2 heterocycles. The highest BCUT2D eigenvalue weighted by Gasteiger charge is 2.21. The van der Waals surface area contributed by atoms with Gasteiger partial charge in [-0.2, -0.15) is 0 Å². The predicted molar refractivity (Wildman–Crippen MR) is 84.8 cm³/mol. The first-order valence-electron chi connectivity index (χ1n) is 7.61. The molecule has 1 aromatic heterocycles. The molecule has 0 aliphatic carbocycles. The topological polar surface area (TPSA) is 75.4 Å². The third-order valence-corrected chi connectivity index (χ3v) is 4.79. The summed E-state index contributed by atoms with van der Waals surface area (Å²) in [6.07, 6.45) is 3.03. The summed E-state index contributed by atoms with van der Waals surface area (Å²) < 4.78 is 43.5. The fraction of sp³-hybridized carbons (Fsp3) is 0.533. The summed E-state index contributed by atoms with van der Waals surface area (Å²) >= 11 is 0. The van der Waals surface area contributed by atoms with Crippen LogP contribution in [0.5, 0.6) is 0 Å². The molecule has 1 aliphatic rings. The highest BCUT2D eigenvalue weighted by molar-refractivity contribution is 7.88. The van der Waals surface area contributed by atoms with Gasteiger partial charge in [-0.3, -0.25) is 4.90 Å². The largest absolute Gasteiger partial charge is 0.439 e. The zero-order chi connectivity index (χ0) is 16.4. The van der Waals surface area contributed by atoms with Crippen molar-refractivity contribution in [2.75, 3.05) is 25.9 Å². The first kappa shape index (κ1) is 16.4. The maximum Gasteiger partial charge on any atom is 0.209 e. The Kier molecular flexibility index (Phi) is 4.65. The number of rotatable bonds is 5. The van der Waals surface area contributed by atoms with Crippen LogP contribution in [0, 0.1) is 11.7 Å². The van der Waals surface area contributed by atoms with Crippen molar-refractivity contribution >= 4 is 21.1 Å². The van der Waals surface area contributed by atoms with Crippen molar-refractivity contribution in [2.45, 2.75) is 19.4 Å². The molecule has 0 amide bonds. The maximum atomic E-state index is 13.2. The number of oxazole rings is 1. The Morgan fingerprint density at radius 1 is 1.39 bits per heavy atom. The molecule has 3 rings (SSSR count). The lowest BCUT2D eigenvalue weighted by atomic mass is 9.97. The lowest BCUT2D eigenvalue weighted by Crippen LogP contribution is -2.38. The highest BCUT2D eigenvalue weighted by Crippen LogP contribution is 2.21. The molecule has 0 unspecified atom stereocenters. The van der Waals surface area contributed by atoms with Crippen LogP contribution in [0.25, 0.3) is 11.1 Å². The minimum atomic E-state index is -3.12. The first-order chi connectivity index (χ1) is 10.9. The van der Waals surface area contributed by atoms with Crippen molar-refractivity contribution < 1.29 is 17.2 Å². The Morgan fingerprint density at radius 3 is 2.83 bits per heavy atom. The molecule has 0 spiro atoms. The van der Waals surface area contributed by atoms with Crippen LogP contribution in [0.2, 0.25) is 0 Å². The second kappa shape index (κ2) is 6.54. The van der Waals surface area contributed by atoms with Crippen molar-refractivity contribution in [2.24, 2.45) is 5.92 Å². The van der Waals surface area contributed by atoms with Gasteiger partial charge >= 0.3 is 0 Å². The molecule has 1 fully saturated rings. The number of hydrogen-bond acceptors (Lipinski definition) is 5. The van der Waals surface area contributed by atoms with E-state index in [0.717, 1.165) is 25.9 Å². The summed E-state index contributed by atoms with van der Waals surface area (Å²) in [5.41, 5.74) is 1.13. The van der Waals surface area contributed by atoms with Gasteiger partial charge in [0, 0.05) is 12.6 Å². The molecular weight excluding hydrogens is 321 g/mol. The van der Waals surface area contributed by atoms with Gasteiger partial charge in [-0.05, 0) is 44.0 Å². The number of fused-ring (bicyclic) bond motifs is 1. The molecule has 0 saturated carbocycles.